The van der Waals surface area contributed by atoms with E-state index < -0.39 is 0 Å². The molecule has 4 rings (SSSR count). The predicted molar refractivity (Wildman–Crippen MR) is 93.4 cm³/mol. The highest BCUT2D eigenvalue weighted by Gasteiger charge is 2.19. The fourth-order valence-electron chi connectivity index (χ4n) is 2.95. The van der Waals surface area contributed by atoms with Crippen molar-refractivity contribution in [2.75, 3.05) is 5.43 Å². The third kappa shape index (κ3) is 2.77. The molecule has 3 aromatic rings. The van der Waals surface area contributed by atoms with Gasteiger partial charge in [0, 0.05) is 4.88 Å². The van der Waals surface area contributed by atoms with Gasteiger partial charge >= 0.3 is 0 Å². The number of hydrazone groups is 1. The molecule has 0 bridgehead atoms. The van der Waals surface area contributed by atoms with Gasteiger partial charge in [-0.05, 0) is 48.9 Å². The lowest BCUT2D eigenvalue weighted by Gasteiger charge is -2.11. The van der Waals surface area contributed by atoms with Gasteiger partial charge in [-0.1, -0.05) is 12.1 Å². The Bertz CT molecular complexity index is 887. The van der Waals surface area contributed by atoms with Gasteiger partial charge in [-0.25, -0.2) is 9.97 Å². The zero-order chi connectivity index (χ0) is 15.6. The van der Waals surface area contributed by atoms with Crippen molar-refractivity contribution in [2.24, 2.45) is 5.10 Å². The number of thiophene rings is 1. The maximum absolute atomic E-state index is 9.47. The lowest BCUT2D eigenvalue weighted by Crippen LogP contribution is -2.00. The number of hydrogen-bond donors (Lipinski definition) is 2. The van der Waals surface area contributed by atoms with E-state index in [0.29, 0.717) is 0 Å². The Balaban J connectivity index is 1.65. The summed E-state index contributed by atoms with van der Waals surface area (Å²) in [5, 5.41) is 14.8. The number of aryl methyl sites for hydroxylation is 2. The molecule has 0 fully saturated rings. The highest BCUT2D eigenvalue weighted by atomic mass is 32.1. The lowest BCUT2D eigenvalue weighted by molar-refractivity contribution is 0.475. The van der Waals surface area contributed by atoms with E-state index in [1.165, 1.54) is 23.3 Å². The molecule has 23 heavy (non-hydrogen) atoms. The van der Waals surface area contributed by atoms with Crippen molar-refractivity contribution in [1.29, 1.82) is 0 Å². The third-order valence-corrected chi connectivity index (χ3v) is 5.21. The Labute approximate surface area is 137 Å². The predicted octanol–water partition coefficient (Wildman–Crippen LogP) is 3.72. The second-order valence-electron chi connectivity index (χ2n) is 5.58. The Morgan fingerprint density at radius 1 is 1.22 bits per heavy atom. The second kappa shape index (κ2) is 5.96. The molecule has 116 valence electrons. The number of nitrogens with zero attached hydrogens (tertiary/aromatic N) is 3. The molecule has 2 aromatic heterocycles. The Hall–Kier alpha value is -2.47. The van der Waals surface area contributed by atoms with Crippen molar-refractivity contribution in [3.63, 3.8) is 0 Å². The quantitative estimate of drug-likeness (QED) is 0.569. The van der Waals surface area contributed by atoms with Crippen molar-refractivity contribution >= 4 is 33.6 Å². The number of aromatic nitrogens is 2. The van der Waals surface area contributed by atoms with Gasteiger partial charge in [0.1, 0.15) is 16.9 Å². The summed E-state index contributed by atoms with van der Waals surface area (Å²) in [4.78, 5) is 11.2. The molecule has 1 aliphatic rings. The number of anilines is 1. The first-order valence-corrected chi connectivity index (χ1v) is 8.46. The first-order chi connectivity index (χ1) is 11.3. The van der Waals surface area contributed by atoms with Crippen LogP contribution in [0.5, 0.6) is 5.75 Å². The van der Waals surface area contributed by atoms with Crippen LogP contribution in [0.15, 0.2) is 35.7 Å². The number of phenols is 1. The first kappa shape index (κ1) is 14.1. The van der Waals surface area contributed by atoms with E-state index in [1.807, 2.05) is 6.07 Å². The summed E-state index contributed by atoms with van der Waals surface area (Å²) in [6, 6.07) is 6.96. The van der Waals surface area contributed by atoms with E-state index in [0.717, 1.165) is 34.4 Å². The van der Waals surface area contributed by atoms with Crippen molar-refractivity contribution in [3.8, 4) is 5.75 Å². The normalized spacial score (nSPS) is 14.3. The van der Waals surface area contributed by atoms with E-state index in [4.69, 9.17) is 0 Å². The summed E-state index contributed by atoms with van der Waals surface area (Å²) in [5.41, 5.74) is 5.25. The number of nitrogens with one attached hydrogen (secondary N) is 1. The molecule has 6 heteroatoms. The lowest BCUT2D eigenvalue weighted by atomic mass is 9.97. The molecule has 0 atom stereocenters. The smallest absolute Gasteiger partial charge is 0.158 e. The number of fused-ring (bicyclic) bond motifs is 3. The zero-order valence-electron chi connectivity index (χ0n) is 12.5. The Morgan fingerprint density at radius 2 is 2.13 bits per heavy atom. The number of aromatic hydroxyl groups is 1. The molecule has 2 heterocycles. The molecule has 0 unspecified atom stereocenters. The average Bonchev–Trinajstić information content (AvgIpc) is 2.94. The van der Waals surface area contributed by atoms with E-state index in [1.54, 1.807) is 42.1 Å². The summed E-state index contributed by atoms with van der Waals surface area (Å²) in [6.07, 6.45) is 7.96. The highest BCUT2D eigenvalue weighted by molar-refractivity contribution is 7.19. The maximum Gasteiger partial charge on any atom is 0.158 e. The van der Waals surface area contributed by atoms with E-state index >= 15 is 0 Å². The van der Waals surface area contributed by atoms with E-state index in [-0.39, 0.29) is 5.75 Å². The largest absolute Gasteiger partial charge is 0.508 e. The highest BCUT2D eigenvalue weighted by Crippen LogP contribution is 2.38. The van der Waals surface area contributed by atoms with Crippen LogP contribution in [-0.2, 0) is 12.8 Å². The SMILES string of the molecule is Oc1cccc(/C=N\Nc2ncnc3sc4c(c23)CCCC4)c1. The van der Waals surface area contributed by atoms with Gasteiger partial charge in [0.25, 0.3) is 0 Å². The summed E-state index contributed by atoms with van der Waals surface area (Å²) < 4.78 is 0. The van der Waals surface area contributed by atoms with Gasteiger partial charge in [0.15, 0.2) is 5.82 Å². The van der Waals surface area contributed by atoms with Crippen LogP contribution in [0.2, 0.25) is 0 Å². The molecule has 1 aliphatic carbocycles. The van der Waals surface area contributed by atoms with Crippen LogP contribution >= 0.6 is 11.3 Å². The van der Waals surface area contributed by atoms with Crippen molar-refractivity contribution in [3.05, 3.63) is 46.6 Å². The number of benzene rings is 1. The molecule has 5 nitrogen and oxygen atoms in total. The minimum absolute atomic E-state index is 0.227. The van der Waals surface area contributed by atoms with Gasteiger partial charge in [-0.2, -0.15) is 5.10 Å². The average molecular weight is 324 g/mol. The van der Waals surface area contributed by atoms with Crippen LogP contribution in [0.3, 0.4) is 0 Å². The minimum atomic E-state index is 0.227. The summed E-state index contributed by atoms with van der Waals surface area (Å²) in [5.74, 6) is 0.982. The van der Waals surface area contributed by atoms with Gasteiger partial charge in [-0.3, -0.25) is 5.43 Å². The topological polar surface area (TPSA) is 70.4 Å². The van der Waals surface area contributed by atoms with Crippen LogP contribution in [0.25, 0.3) is 10.2 Å². The molecule has 0 saturated heterocycles. The minimum Gasteiger partial charge on any atom is -0.508 e. The van der Waals surface area contributed by atoms with Crippen molar-refractivity contribution in [1.82, 2.24) is 9.97 Å². The number of rotatable bonds is 3. The molecule has 0 radical (unpaired) electrons. The van der Waals surface area contributed by atoms with Crippen LogP contribution in [0.1, 0.15) is 28.8 Å². The number of phenolic OH excluding ortho intramolecular Hbond substituents is 1. The molecule has 0 amide bonds. The van der Waals surface area contributed by atoms with Crippen LogP contribution in [0.4, 0.5) is 5.82 Å². The maximum atomic E-state index is 9.47. The molecular weight excluding hydrogens is 308 g/mol. The molecule has 0 spiro atoms. The summed E-state index contributed by atoms with van der Waals surface area (Å²) in [7, 11) is 0. The molecular formula is C17H16N4OS. The Kier molecular flexibility index (Phi) is 3.67. The van der Waals surface area contributed by atoms with Gasteiger partial charge in [-0.15, -0.1) is 11.3 Å². The monoisotopic (exact) mass is 324 g/mol. The van der Waals surface area contributed by atoms with Gasteiger partial charge in [0.2, 0.25) is 0 Å². The Morgan fingerprint density at radius 3 is 3.04 bits per heavy atom. The van der Waals surface area contributed by atoms with E-state index in [2.05, 4.69) is 20.5 Å². The fourth-order valence-corrected chi connectivity index (χ4v) is 4.18. The molecule has 0 saturated carbocycles. The van der Waals surface area contributed by atoms with Crippen molar-refractivity contribution < 1.29 is 5.11 Å². The molecule has 2 N–H and O–H groups in total. The van der Waals surface area contributed by atoms with E-state index in [9.17, 15) is 5.11 Å². The third-order valence-electron chi connectivity index (χ3n) is 4.01. The molecule has 0 aliphatic heterocycles. The summed E-state index contributed by atoms with van der Waals surface area (Å²) in [6.45, 7) is 0. The standard InChI is InChI=1S/C17H16N4OS/c22-12-5-3-4-11(8-12)9-20-21-16-15-13-6-1-2-7-14(13)23-17(15)19-10-18-16/h3-5,8-10,22H,1-2,6-7H2,(H,18,19,21)/b20-9-. The first-order valence-electron chi connectivity index (χ1n) is 7.64. The van der Waals surface area contributed by atoms with Gasteiger partial charge < -0.3 is 5.11 Å². The number of hydrogen-bond acceptors (Lipinski definition) is 6. The fraction of sp³-hybridized carbons (Fsp3) is 0.235. The van der Waals surface area contributed by atoms with Crippen LogP contribution < -0.4 is 5.43 Å². The zero-order valence-corrected chi connectivity index (χ0v) is 13.3. The summed E-state index contributed by atoms with van der Waals surface area (Å²) >= 11 is 1.77. The van der Waals surface area contributed by atoms with Crippen molar-refractivity contribution in [2.45, 2.75) is 25.7 Å². The second-order valence-corrected chi connectivity index (χ2v) is 6.66. The van der Waals surface area contributed by atoms with Crippen LogP contribution in [0, 0.1) is 0 Å². The van der Waals surface area contributed by atoms with Gasteiger partial charge in [0.05, 0.1) is 11.6 Å². The van der Waals surface area contributed by atoms with Crippen LogP contribution in [-0.4, -0.2) is 21.3 Å². The molecule has 1 aromatic carbocycles.